The van der Waals surface area contributed by atoms with Gasteiger partial charge >= 0.3 is 0 Å². The Morgan fingerprint density at radius 3 is 2.69 bits per heavy atom. The average Bonchev–Trinajstić information content (AvgIpc) is 2.11. The fraction of sp³-hybridized carbons (Fsp3) is 0.400. The number of rotatable bonds is 3. The van der Waals surface area contributed by atoms with E-state index in [0.29, 0.717) is 6.61 Å². The van der Waals surface area contributed by atoms with Gasteiger partial charge in [0.2, 0.25) is 0 Å². The molecule has 0 bridgehead atoms. The molecule has 1 nitrogen and oxygen atoms in total. The highest BCUT2D eigenvalue weighted by atomic mass is 35.5. The zero-order valence-electron chi connectivity index (χ0n) is 8.06. The first-order chi connectivity index (χ1) is 6.19. The van der Waals surface area contributed by atoms with Crippen LogP contribution in [0.1, 0.15) is 12.5 Å². The van der Waals surface area contributed by atoms with Crippen molar-refractivity contribution < 1.29 is 4.74 Å². The van der Waals surface area contributed by atoms with Crippen molar-refractivity contribution >= 4 is 23.4 Å². The molecule has 0 heterocycles. The van der Waals surface area contributed by atoms with Crippen molar-refractivity contribution in [1.29, 1.82) is 0 Å². The Labute approximate surface area is 88.4 Å². The smallest absolute Gasteiger partial charge is 0.123 e. The molecule has 0 fully saturated rings. The third kappa shape index (κ3) is 2.55. The van der Waals surface area contributed by atoms with E-state index in [1.807, 2.05) is 26.2 Å². The predicted molar refractivity (Wildman–Crippen MR) is 59.1 cm³/mol. The van der Waals surface area contributed by atoms with Crippen LogP contribution >= 0.6 is 23.4 Å². The lowest BCUT2D eigenvalue weighted by molar-refractivity contribution is 0.337. The number of aryl methyl sites for hydroxylation is 1. The summed E-state index contributed by atoms with van der Waals surface area (Å²) in [5.74, 6) is 0.880. The van der Waals surface area contributed by atoms with Crippen LogP contribution in [0, 0.1) is 6.92 Å². The molecule has 0 N–H and O–H groups in total. The standard InChI is InChI=1S/C10H13ClOS/c1-4-12-9-6-8(11)10(13-3)5-7(9)2/h5-6H,4H2,1-3H3. The van der Waals surface area contributed by atoms with Gasteiger partial charge in [0.05, 0.1) is 11.6 Å². The molecule has 13 heavy (non-hydrogen) atoms. The topological polar surface area (TPSA) is 9.23 Å². The van der Waals surface area contributed by atoms with Gasteiger partial charge in [0.15, 0.2) is 0 Å². The number of ether oxygens (including phenoxy) is 1. The number of hydrogen-bond acceptors (Lipinski definition) is 2. The Morgan fingerprint density at radius 1 is 1.46 bits per heavy atom. The monoisotopic (exact) mass is 216 g/mol. The molecule has 3 heteroatoms. The first kappa shape index (κ1) is 10.7. The first-order valence-corrected chi connectivity index (χ1v) is 5.76. The van der Waals surface area contributed by atoms with Crippen molar-refractivity contribution in [1.82, 2.24) is 0 Å². The molecule has 0 amide bonds. The largest absolute Gasteiger partial charge is 0.494 e. The Morgan fingerprint density at radius 2 is 2.15 bits per heavy atom. The summed E-state index contributed by atoms with van der Waals surface area (Å²) in [7, 11) is 0. The second-order valence-electron chi connectivity index (χ2n) is 2.69. The second-order valence-corrected chi connectivity index (χ2v) is 3.94. The molecule has 1 aromatic carbocycles. The van der Waals surface area contributed by atoms with Crippen molar-refractivity contribution in [2.45, 2.75) is 18.7 Å². The molecular formula is C10H13ClOS. The number of hydrogen-bond donors (Lipinski definition) is 0. The quantitative estimate of drug-likeness (QED) is 0.712. The Kier molecular flexibility index (Phi) is 3.94. The van der Waals surface area contributed by atoms with Gasteiger partial charge in [-0.1, -0.05) is 11.6 Å². The SMILES string of the molecule is CCOc1cc(Cl)c(SC)cc1C. The van der Waals surface area contributed by atoms with Gasteiger partial charge in [0, 0.05) is 11.0 Å². The van der Waals surface area contributed by atoms with Crippen LogP contribution in [0.15, 0.2) is 17.0 Å². The number of benzene rings is 1. The molecule has 0 atom stereocenters. The van der Waals surface area contributed by atoms with Gasteiger partial charge in [0.25, 0.3) is 0 Å². The average molecular weight is 217 g/mol. The molecule has 1 aromatic rings. The van der Waals surface area contributed by atoms with Crippen LogP contribution in [-0.2, 0) is 0 Å². The van der Waals surface area contributed by atoms with E-state index in [2.05, 4.69) is 6.07 Å². The van der Waals surface area contributed by atoms with Crippen LogP contribution in [0.2, 0.25) is 5.02 Å². The van der Waals surface area contributed by atoms with Crippen LogP contribution in [0.5, 0.6) is 5.75 Å². The minimum atomic E-state index is 0.676. The van der Waals surface area contributed by atoms with E-state index in [1.165, 1.54) is 0 Å². The third-order valence-electron chi connectivity index (χ3n) is 1.75. The lowest BCUT2D eigenvalue weighted by atomic mass is 10.2. The zero-order chi connectivity index (χ0) is 9.84. The van der Waals surface area contributed by atoms with Gasteiger partial charge in [-0.25, -0.2) is 0 Å². The summed E-state index contributed by atoms with van der Waals surface area (Å²) >= 11 is 7.69. The maximum atomic E-state index is 6.04. The lowest BCUT2D eigenvalue weighted by Crippen LogP contribution is -1.94. The van der Waals surface area contributed by atoms with Crippen LogP contribution in [-0.4, -0.2) is 12.9 Å². The van der Waals surface area contributed by atoms with Crippen molar-refractivity contribution in [3.8, 4) is 5.75 Å². The minimum absolute atomic E-state index is 0.676. The molecule has 1 rings (SSSR count). The van der Waals surface area contributed by atoms with Gasteiger partial charge in [-0.15, -0.1) is 11.8 Å². The fourth-order valence-corrected chi connectivity index (χ4v) is 2.04. The maximum Gasteiger partial charge on any atom is 0.123 e. The van der Waals surface area contributed by atoms with Gasteiger partial charge in [-0.2, -0.15) is 0 Å². The summed E-state index contributed by atoms with van der Waals surface area (Å²) < 4.78 is 5.42. The lowest BCUT2D eigenvalue weighted by Gasteiger charge is -2.09. The predicted octanol–water partition coefficient (Wildman–Crippen LogP) is 3.77. The van der Waals surface area contributed by atoms with E-state index in [-0.39, 0.29) is 0 Å². The van der Waals surface area contributed by atoms with E-state index >= 15 is 0 Å². The van der Waals surface area contributed by atoms with Crippen LogP contribution in [0.3, 0.4) is 0 Å². The van der Waals surface area contributed by atoms with Crippen LogP contribution < -0.4 is 4.74 Å². The summed E-state index contributed by atoms with van der Waals surface area (Å²) in [6, 6.07) is 3.93. The van der Waals surface area contributed by atoms with Gasteiger partial charge < -0.3 is 4.74 Å². The molecule has 0 aliphatic heterocycles. The molecule has 72 valence electrons. The van der Waals surface area contributed by atoms with E-state index in [4.69, 9.17) is 16.3 Å². The Bertz CT molecular complexity index is 299. The first-order valence-electron chi connectivity index (χ1n) is 4.16. The normalized spacial score (nSPS) is 10.2. The summed E-state index contributed by atoms with van der Waals surface area (Å²) in [5, 5.41) is 0.765. The van der Waals surface area contributed by atoms with Gasteiger partial charge in [-0.3, -0.25) is 0 Å². The summed E-state index contributed by atoms with van der Waals surface area (Å²) in [5.41, 5.74) is 1.13. The number of thioether (sulfide) groups is 1. The molecule has 0 aromatic heterocycles. The molecule has 0 saturated carbocycles. The van der Waals surface area contributed by atoms with Crippen LogP contribution in [0.25, 0.3) is 0 Å². The van der Waals surface area contributed by atoms with Gasteiger partial charge in [-0.05, 0) is 31.7 Å². The van der Waals surface area contributed by atoms with E-state index in [1.54, 1.807) is 11.8 Å². The molecule has 0 unspecified atom stereocenters. The van der Waals surface area contributed by atoms with Crippen molar-refractivity contribution in [2.24, 2.45) is 0 Å². The van der Waals surface area contributed by atoms with E-state index in [9.17, 15) is 0 Å². The molecule has 0 radical (unpaired) electrons. The van der Waals surface area contributed by atoms with Crippen LogP contribution in [0.4, 0.5) is 0 Å². The molecule has 0 aliphatic rings. The molecule has 0 aliphatic carbocycles. The molecule has 0 saturated heterocycles. The molecule has 0 spiro atoms. The highest BCUT2D eigenvalue weighted by Gasteiger charge is 2.05. The summed E-state index contributed by atoms with van der Waals surface area (Å²) in [6.07, 6.45) is 2.01. The highest BCUT2D eigenvalue weighted by molar-refractivity contribution is 7.98. The maximum absolute atomic E-state index is 6.04. The van der Waals surface area contributed by atoms with Crippen molar-refractivity contribution in [2.75, 3.05) is 12.9 Å². The van der Waals surface area contributed by atoms with E-state index < -0.39 is 0 Å². The summed E-state index contributed by atoms with van der Waals surface area (Å²) in [6.45, 7) is 4.67. The van der Waals surface area contributed by atoms with Crippen molar-refractivity contribution in [3.63, 3.8) is 0 Å². The Balaban J connectivity index is 3.05. The van der Waals surface area contributed by atoms with E-state index in [0.717, 1.165) is 21.2 Å². The fourth-order valence-electron chi connectivity index (χ4n) is 1.10. The third-order valence-corrected chi connectivity index (χ3v) is 2.95. The second kappa shape index (κ2) is 4.77. The Hall–Kier alpha value is -0.340. The van der Waals surface area contributed by atoms with Crippen molar-refractivity contribution in [3.05, 3.63) is 22.7 Å². The summed E-state index contributed by atoms with van der Waals surface area (Å²) in [4.78, 5) is 1.10. The zero-order valence-corrected chi connectivity index (χ0v) is 9.63. The molecular weight excluding hydrogens is 204 g/mol. The van der Waals surface area contributed by atoms with Gasteiger partial charge in [0.1, 0.15) is 5.75 Å². The highest BCUT2D eigenvalue weighted by Crippen LogP contribution is 2.31. The minimum Gasteiger partial charge on any atom is -0.494 e. The number of halogens is 1.